The minimum Gasteiger partial charge on any atom is -0.492 e. The molecule has 1 saturated heterocycles. The van der Waals surface area contributed by atoms with Gasteiger partial charge >= 0.3 is 0 Å². The van der Waals surface area contributed by atoms with Crippen LogP contribution in [0.5, 0.6) is 5.75 Å². The van der Waals surface area contributed by atoms with Crippen LogP contribution in [-0.4, -0.2) is 66.5 Å². The summed E-state index contributed by atoms with van der Waals surface area (Å²) in [7, 11) is -3.62. The summed E-state index contributed by atoms with van der Waals surface area (Å²) in [6, 6.07) is 8.59. The van der Waals surface area contributed by atoms with Gasteiger partial charge in [-0.3, -0.25) is 9.89 Å². The highest BCUT2D eigenvalue weighted by Crippen LogP contribution is 2.41. The number of aromatic nitrogens is 2. The molecule has 1 aromatic carbocycles. The second-order valence-electron chi connectivity index (χ2n) is 8.74. The Kier molecular flexibility index (Phi) is 4.82. The molecule has 2 fully saturated rings. The van der Waals surface area contributed by atoms with Gasteiger partial charge in [0.25, 0.3) is 5.91 Å². The number of fused-ring (bicyclic) bond motifs is 1. The average Bonchev–Trinajstić information content (AvgIpc) is 3.40. The first-order chi connectivity index (χ1) is 14.5. The molecule has 9 heteroatoms. The van der Waals surface area contributed by atoms with Crippen molar-refractivity contribution in [3.05, 3.63) is 42.2 Å². The zero-order valence-electron chi connectivity index (χ0n) is 16.8. The van der Waals surface area contributed by atoms with Crippen LogP contribution in [0.15, 0.2) is 41.4 Å². The second kappa shape index (κ2) is 7.39. The van der Waals surface area contributed by atoms with E-state index in [1.54, 1.807) is 40.8 Å². The summed E-state index contributed by atoms with van der Waals surface area (Å²) in [4.78, 5) is 14.7. The SMILES string of the molecule is O=C(c1ccn[nH]1)N1CCC2(CC1)COc1ccccc1S(=O)(=O)N(CC1CC1)C2. The molecule has 1 saturated carbocycles. The van der Waals surface area contributed by atoms with Crippen LogP contribution >= 0.6 is 0 Å². The number of carbonyl (C=O) groups is 1. The van der Waals surface area contributed by atoms with Crippen molar-refractivity contribution in [2.75, 3.05) is 32.8 Å². The van der Waals surface area contributed by atoms with E-state index in [0.717, 1.165) is 12.8 Å². The number of rotatable bonds is 3. The van der Waals surface area contributed by atoms with Crippen molar-refractivity contribution in [1.82, 2.24) is 19.4 Å². The molecule has 1 spiro atoms. The fourth-order valence-electron chi connectivity index (χ4n) is 4.44. The van der Waals surface area contributed by atoms with E-state index in [1.165, 1.54) is 0 Å². The van der Waals surface area contributed by atoms with Crippen LogP contribution in [0.4, 0.5) is 0 Å². The number of piperidine rings is 1. The maximum absolute atomic E-state index is 13.5. The van der Waals surface area contributed by atoms with E-state index in [-0.39, 0.29) is 16.2 Å². The molecule has 3 aliphatic rings. The number of sulfonamides is 1. The van der Waals surface area contributed by atoms with Crippen molar-refractivity contribution >= 4 is 15.9 Å². The Hall–Kier alpha value is -2.39. The van der Waals surface area contributed by atoms with Gasteiger partial charge in [0.1, 0.15) is 16.3 Å². The monoisotopic (exact) mass is 430 g/mol. The quantitative estimate of drug-likeness (QED) is 0.805. The van der Waals surface area contributed by atoms with Crippen molar-refractivity contribution in [3.8, 4) is 5.75 Å². The molecule has 0 radical (unpaired) electrons. The lowest BCUT2D eigenvalue weighted by Gasteiger charge is -2.45. The molecule has 0 bridgehead atoms. The summed E-state index contributed by atoms with van der Waals surface area (Å²) < 4.78 is 34.7. The van der Waals surface area contributed by atoms with E-state index < -0.39 is 10.0 Å². The van der Waals surface area contributed by atoms with Gasteiger partial charge in [0.05, 0.1) is 6.61 Å². The summed E-state index contributed by atoms with van der Waals surface area (Å²) in [5.74, 6) is 0.807. The number of para-hydroxylation sites is 1. The Labute approximate surface area is 176 Å². The summed E-state index contributed by atoms with van der Waals surface area (Å²) in [6.07, 6.45) is 5.14. The highest BCUT2D eigenvalue weighted by Gasteiger charge is 2.44. The van der Waals surface area contributed by atoms with Gasteiger partial charge in [-0.25, -0.2) is 8.42 Å². The second-order valence-corrected chi connectivity index (χ2v) is 10.6. The Bertz CT molecular complexity index is 1030. The fourth-order valence-corrected chi connectivity index (χ4v) is 6.20. The first-order valence-corrected chi connectivity index (χ1v) is 11.9. The van der Waals surface area contributed by atoms with Gasteiger partial charge in [-0.2, -0.15) is 9.40 Å². The molecule has 30 heavy (non-hydrogen) atoms. The topological polar surface area (TPSA) is 95.6 Å². The predicted molar refractivity (Wildman–Crippen MR) is 110 cm³/mol. The zero-order valence-corrected chi connectivity index (χ0v) is 17.6. The molecule has 1 aliphatic carbocycles. The number of nitrogens with zero attached hydrogens (tertiary/aromatic N) is 3. The van der Waals surface area contributed by atoms with E-state index in [2.05, 4.69) is 10.2 Å². The third-order valence-corrected chi connectivity index (χ3v) is 8.36. The van der Waals surface area contributed by atoms with E-state index in [0.29, 0.717) is 63.0 Å². The van der Waals surface area contributed by atoms with Crippen LogP contribution in [0.1, 0.15) is 36.2 Å². The standard InChI is InChI=1S/C21H26N4O4S/c26-20(17-7-10-22-23-17)24-11-8-21(9-12-24)14-25(13-16-5-6-16)30(27,28)19-4-2-1-3-18(19)29-15-21/h1-4,7,10,16H,5-6,8-9,11-15H2,(H,22,23). The van der Waals surface area contributed by atoms with E-state index in [9.17, 15) is 13.2 Å². The Morgan fingerprint density at radius 2 is 1.97 bits per heavy atom. The molecule has 2 aromatic rings. The minimum atomic E-state index is -3.62. The number of aromatic amines is 1. The van der Waals surface area contributed by atoms with Crippen LogP contribution in [-0.2, 0) is 10.0 Å². The number of hydrogen-bond donors (Lipinski definition) is 1. The Balaban J connectivity index is 1.40. The molecule has 1 amide bonds. The first kappa shape index (κ1) is 19.6. The first-order valence-electron chi connectivity index (χ1n) is 10.5. The third kappa shape index (κ3) is 3.60. The molecule has 0 atom stereocenters. The highest BCUT2D eigenvalue weighted by molar-refractivity contribution is 7.89. The summed E-state index contributed by atoms with van der Waals surface area (Å²) in [5.41, 5.74) is 0.173. The molecule has 3 heterocycles. The zero-order chi connectivity index (χ0) is 20.8. The smallest absolute Gasteiger partial charge is 0.271 e. The molecule has 1 aromatic heterocycles. The van der Waals surface area contributed by atoms with Gasteiger partial charge < -0.3 is 9.64 Å². The largest absolute Gasteiger partial charge is 0.492 e. The molecule has 8 nitrogen and oxygen atoms in total. The fraction of sp³-hybridized carbons (Fsp3) is 0.524. The maximum Gasteiger partial charge on any atom is 0.271 e. The molecule has 2 aliphatic heterocycles. The number of benzene rings is 1. The van der Waals surface area contributed by atoms with Gasteiger partial charge in [0.2, 0.25) is 10.0 Å². The summed E-state index contributed by atoms with van der Waals surface area (Å²) >= 11 is 0. The van der Waals surface area contributed by atoms with Crippen LogP contribution in [0.2, 0.25) is 0 Å². The number of nitrogens with one attached hydrogen (secondary N) is 1. The number of carbonyl (C=O) groups excluding carboxylic acids is 1. The van der Waals surface area contributed by atoms with E-state index in [1.807, 2.05) is 4.90 Å². The lowest BCUT2D eigenvalue weighted by molar-refractivity contribution is 0.0293. The third-order valence-electron chi connectivity index (χ3n) is 6.51. The molecule has 1 N–H and O–H groups in total. The van der Waals surface area contributed by atoms with E-state index >= 15 is 0 Å². The van der Waals surface area contributed by atoms with Crippen LogP contribution in [0, 0.1) is 11.3 Å². The van der Waals surface area contributed by atoms with Crippen molar-refractivity contribution in [3.63, 3.8) is 0 Å². The number of hydrogen-bond acceptors (Lipinski definition) is 5. The lowest BCUT2D eigenvalue weighted by atomic mass is 9.78. The molecular weight excluding hydrogens is 404 g/mol. The van der Waals surface area contributed by atoms with Gasteiger partial charge in [0, 0.05) is 37.8 Å². The minimum absolute atomic E-state index is 0.0677. The summed E-state index contributed by atoms with van der Waals surface area (Å²) in [5, 5.41) is 6.59. The average molecular weight is 431 g/mol. The number of amides is 1. The number of ether oxygens (including phenoxy) is 1. The van der Waals surface area contributed by atoms with Crippen molar-refractivity contribution in [1.29, 1.82) is 0 Å². The normalized spacial score (nSPS) is 23.3. The molecule has 0 unspecified atom stereocenters. The van der Waals surface area contributed by atoms with Gasteiger partial charge in [0.15, 0.2) is 0 Å². The van der Waals surface area contributed by atoms with Crippen molar-refractivity contribution in [2.45, 2.75) is 30.6 Å². The molecule has 5 rings (SSSR count). The van der Waals surface area contributed by atoms with Gasteiger partial charge in [-0.1, -0.05) is 12.1 Å². The highest BCUT2D eigenvalue weighted by atomic mass is 32.2. The van der Waals surface area contributed by atoms with Gasteiger partial charge in [-0.15, -0.1) is 0 Å². The van der Waals surface area contributed by atoms with Crippen molar-refractivity contribution in [2.24, 2.45) is 11.3 Å². The van der Waals surface area contributed by atoms with Gasteiger partial charge in [-0.05, 0) is 49.8 Å². The van der Waals surface area contributed by atoms with Crippen LogP contribution in [0.3, 0.4) is 0 Å². The maximum atomic E-state index is 13.5. The Morgan fingerprint density at radius 1 is 1.20 bits per heavy atom. The Morgan fingerprint density at radius 3 is 2.67 bits per heavy atom. The van der Waals surface area contributed by atoms with Crippen LogP contribution in [0.25, 0.3) is 0 Å². The number of H-pyrrole nitrogens is 1. The molecule has 160 valence electrons. The summed E-state index contributed by atoms with van der Waals surface area (Å²) in [6.45, 7) is 2.59. The number of likely N-dealkylation sites (tertiary alicyclic amines) is 1. The predicted octanol–water partition coefficient (Wildman–Crippen LogP) is 2.13. The van der Waals surface area contributed by atoms with E-state index in [4.69, 9.17) is 4.74 Å². The molecular formula is C21H26N4O4S. The lowest BCUT2D eigenvalue weighted by Crippen LogP contribution is -2.52. The van der Waals surface area contributed by atoms with Crippen molar-refractivity contribution < 1.29 is 17.9 Å². The van der Waals surface area contributed by atoms with Crippen LogP contribution < -0.4 is 4.74 Å².